The summed E-state index contributed by atoms with van der Waals surface area (Å²) in [6, 6.07) is 7.22. The Labute approximate surface area is 136 Å². The maximum atomic E-state index is 12.5. The first-order valence-corrected chi connectivity index (χ1v) is 8.42. The number of aliphatic carboxylic acids is 1. The molecule has 1 aromatic rings. The number of hydrogen-bond acceptors (Lipinski definition) is 3. The van der Waals surface area contributed by atoms with Gasteiger partial charge < -0.3 is 14.7 Å². The molecule has 1 saturated heterocycles. The number of carboxylic acids is 1. The number of amides is 1. The van der Waals surface area contributed by atoms with E-state index in [1.807, 2.05) is 12.1 Å². The Morgan fingerprint density at radius 1 is 1.04 bits per heavy atom. The summed E-state index contributed by atoms with van der Waals surface area (Å²) in [6.45, 7) is 0.928. The Kier molecular flexibility index (Phi) is 4.84. The van der Waals surface area contributed by atoms with E-state index < -0.39 is 11.9 Å². The SMILES string of the molecule is O=C(O)[C@H]1CCCN(C(=O)c2ccc(OC3CCCC3)cc2)C1. The molecule has 1 heterocycles. The Hall–Kier alpha value is -2.04. The smallest absolute Gasteiger partial charge is 0.308 e. The van der Waals surface area contributed by atoms with E-state index in [0.717, 1.165) is 25.0 Å². The lowest BCUT2D eigenvalue weighted by Crippen LogP contribution is -2.42. The van der Waals surface area contributed by atoms with Gasteiger partial charge in [0.2, 0.25) is 0 Å². The van der Waals surface area contributed by atoms with Crippen molar-refractivity contribution in [1.29, 1.82) is 0 Å². The topological polar surface area (TPSA) is 66.8 Å². The molecule has 124 valence electrons. The second kappa shape index (κ2) is 7.02. The van der Waals surface area contributed by atoms with Gasteiger partial charge in [-0.2, -0.15) is 0 Å². The molecule has 2 aliphatic rings. The van der Waals surface area contributed by atoms with E-state index in [-0.39, 0.29) is 5.91 Å². The summed E-state index contributed by atoms with van der Waals surface area (Å²) in [6.07, 6.45) is 6.34. The molecule has 2 fully saturated rings. The summed E-state index contributed by atoms with van der Waals surface area (Å²) in [5, 5.41) is 9.13. The zero-order valence-electron chi connectivity index (χ0n) is 13.2. The molecule has 1 atom stereocenters. The van der Waals surface area contributed by atoms with Crippen LogP contribution in [0.4, 0.5) is 0 Å². The van der Waals surface area contributed by atoms with Gasteiger partial charge in [0.05, 0.1) is 12.0 Å². The van der Waals surface area contributed by atoms with E-state index in [2.05, 4.69) is 0 Å². The number of benzene rings is 1. The third kappa shape index (κ3) is 3.84. The van der Waals surface area contributed by atoms with Gasteiger partial charge in [0, 0.05) is 18.7 Å². The van der Waals surface area contributed by atoms with Crippen LogP contribution in [0.1, 0.15) is 48.9 Å². The predicted molar refractivity (Wildman–Crippen MR) is 85.6 cm³/mol. The van der Waals surface area contributed by atoms with Gasteiger partial charge in [-0.3, -0.25) is 9.59 Å². The standard InChI is InChI=1S/C18H23NO4/c20-17(19-11-3-4-14(12-19)18(21)22)13-7-9-16(10-8-13)23-15-5-1-2-6-15/h7-10,14-15H,1-6,11-12H2,(H,21,22)/t14-/m0/s1. The van der Waals surface area contributed by atoms with Crippen LogP contribution < -0.4 is 4.74 Å². The minimum absolute atomic E-state index is 0.0941. The molecule has 1 saturated carbocycles. The van der Waals surface area contributed by atoms with Crippen molar-refractivity contribution in [2.75, 3.05) is 13.1 Å². The van der Waals surface area contributed by atoms with Crippen LogP contribution in [0.25, 0.3) is 0 Å². The number of carbonyl (C=O) groups is 2. The Balaban J connectivity index is 1.61. The van der Waals surface area contributed by atoms with Crippen molar-refractivity contribution >= 4 is 11.9 Å². The summed E-state index contributed by atoms with van der Waals surface area (Å²) in [7, 11) is 0. The third-order valence-corrected chi connectivity index (χ3v) is 4.76. The maximum Gasteiger partial charge on any atom is 0.308 e. The third-order valence-electron chi connectivity index (χ3n) is 4.76. The number of likely N-dealkylation sites (tertiary alicyclic amines) is 1. The number of rotatable bonds is 4. The van der Waals surface area contributed by atoms with Crippen molar-refractivity contribution in [1.82, 2.24) is 4.90 Å². The minimum Gasteiger partial charge on any atom is -0.490 e. The van der Waals surface area contributed by atoms with E-state index >= 15 is 0 Å². The molecule has 0 bridgehead atoms. The summed E-state index contributed by atoms with van der Waals surface area (Å²) in [5.74, 6) is -0.556. The van der Waals surface area contributed by atoms with E-state index in [4.69, 9.17) is 9.84 Å². The number of carboxylic acid groups (broad SMARTS) is 1. The highest BCUT2D eigenvalue weighted by Crippen LogP contribution is 2.25. The summed E-state index contributed by atoms with van der Waals surface area (Å²) >= 11 is 0. The molecule has 5 nitrogen and oxygen atoms in total. The van der Waals surface area contributed by atoms with Crippen LogP contribution in [0, 0.1) is 5.92 Å². The van der Waals surface area contributed by atoms with Crippen LogP contribution in [0.15, 0.2) is 24.3 Å². The molecule has 1 amide bonds. The van der Waals surface area contributed by atoms with Crippen LogP contribution in [-0.4, -0.2) is 41.1 Å². The van der Waals surface area contributed by atoms with Crippen LogP contribution in [0.3, 0.4) is 0 Å². The lowest BCUT2D eigenvalue weighted by Gasteiger charge is -2.30. The Bertz CT molecular complexity index is 563. The van der Waals surface area contributed by atoms with Crippen LogP contribution in [-0.2, 0) is 4.79 Å². The number of hydrogen-bond donors (Lipinski definition) is 1. The van der Waals surface area contributed by atoms with E-state index in [0.29, 0.717) is 31.2 Å². The second-order valence-electron chi connectivity index (χ2n) is 6.48. The highest BCUT2D eigenvalue weighted by atomic mass is 16.5. The van der Waals surface area contributed by atoms with Crippen LogP contribution in [0.5, 0.6) is 5.75 Å². The van der Waals surface area contributed by atoms with Gasteiger partial charge in [0.25, 0.3) is 5.91 Å². The molecular weight excluding hydrogens is 294 g/mol. The van der Waals surface area contributed by atoms with Gasteiger partial charge >= 0.3 is 5.97 Å². The molecule has 0 aromatic heterocycles. The molecule has 1 aliphatic heterocycles. The zero-order valence-corrected chi connectivity index (χ0v) is 13.2. The Morgan fingerprint density at radius 3 is 2.39 bits per heavy atom. The summed E-state index contributed by atoms with van der Waals surface area (Å²) < 4.78 is 5.90. The average Bonchev–Trinajstić information content (AvgIpc) is 3.08. The molecule has 0 spiro atoms. The number of nitrogens with zero attached hydrogens (tertiary/aromatic N) is 1. The number of carbonyl (C=O) groups excluding carboxylic acids is 1. The molecule has 3 rings (SSSR count). The molecular formula is C18H23NO4. The minimum atomic E-state index is -0.817. The molecule has 0 radical (unpaired) electrons. The van der Waals surface area contributed by atoms with Crippen molar-refractivity contribution in [2.24, 2.45) is 5.92 Å². The molecule has 1 aromatic carbocycles. The first-order valence-electron chi connectivity index (χ1n) is 8.42. The van der Waals surface area contributed by atoms with Gasteiger partial charge in [-0.15, -0.1) is 0 Å². The predicted octanol–water partition coefficient (Wildman–Crippen LogP) is 2.94. The zero-order chi connectivity index (χ0) is 16.2. The van der Waals surface area contributed by atoms with Crippen molar-refractivity contribution in [3.63, 3.8) is 0 Å². The van der Waals surface area contributed by atoms with Crippen LogP contribution >= 0.6 is 0 Å². The fraction of sp³-hybridized carbons (Fsp3) is 0.556. The largest absolute Gasteiger partial charge is 0.490 e. The molecule has 23 heavy (non-hydrogen) atoms. The van der Waals surface area contributed by atoms with Crippen molar-refractivity contribution in [2.45, 2.75) is 44.6 Å². The second-order valence-corrected chi connectivity index (χ2v) is 6.48. The molecule has 5 heteroatoms. The van der Waals surface area contributed by atoms with Gasteiger partial charge in [0.15, 0.2) is 0 Å². The van der Waals surface area contributed by atoms with E-state index in [1.165, 1.54) is 12.8 Å². The monoisotopic (exact) mass is 317 g/mol. The fourth-order valence-corrected chi connectivity index (χ4v) is 3.42. The van der Waals surface area contributed by atoms with Crippen molar-refractivity contribution in [3.8, 4) is 5.75 Å². The van der Waals surface area contributed by atoms with E-state index in [1.54, 1.807) is 17.0 Å². The first-order chi connectivity index (χ1) is 11.1. The molecule has 1 aliphatic carbocycles. The highest BCUT2D eigenvalue weighted by molar-refractivity contribution is 5.94. The Morgan fingerprint density at radius 2 is 1.74 bits per heavy atom. The van der Waals surface area contributed by atoms with Gasteiger partial charge in [0.1, 0.15) is 5.75 Å². The molecule has 0 unspecified atom stereocenters. The quantitative estimate of drug-likeness (QED) is 0.927. The maximum absolute atomic E-state index is 12.5. The number of ether oxygens (including phenoxy) is 1. The summed E-state index contributed by atoms with van der Waals surface area (Å²) in [5.41, 5.74) is 0.592. The van der Waals surface area contributed by atoms with Crippen LogP contribution in [0.2, 0.25) is 0 Å². The average molecular weight is 317 g/mol. The summed E-state index contributed by atoms with van der Waals surface area (Å²) in [4.78, 5) is 25.3. The van der Waals surface area contributed by atoms with Crippen molar-refractivity contribution in [3.05, 3.63) is 29.8 Å². The lowest BCUT2D eigenvalue weighted by molar-refractivity contribution is -0.143. The first kappa shape index (κ1) is 15.8. The van der Waals surface area contributed by atoms with Gasteiger partial charge in [-0.25, -0.2) is 0 Å². The normalized spacial score (nSPS) is 22.1. The van der Waals surface area contributed by atoms with Gasteiger partial charge in [-0.05, 0) is 62.8 Å². The van der Waals surface area contributed by atoms with E-state index in [9.17, 15) is 9.59 Å². The van der Waals surface area contributed by atoms with Gasteiger partial charge in [-0.1, -0.05) is 0 Å². The van der Waals surface area contributed by atoms with Crippen molar-refractivity contribution < 1.29 is 19.4 Å². The lowest BCUT2D eigenvalue weighted by atomic mass is 9.97. The molecule has 1 N–H and O–H groups in total. The fourth-order valence-electron chi connectivity index (χ4n) is 3.42. The highest BCUT2D eigenvalue weighted by Gasteiger charge is 2.28. The number of piperidine rings is 1.